The number of rotatable bonds is 5. The molecular formula is C7H8F2N2O3. The molecule has 1 aromatic heterocycles. The molecule has 0 saturated carbocycles. The minimum atomic E-state index is -2.78. The molecular weight excluding hydrogens is 198 g/mol. The smallest absolute Gasteiger partial charge is 0.314 e. The van der Waals surface area contributed by atoms with Crippen molar-refractivity contribution in [3.8, 4) is 0 Å². The van der Waals surface area contributed by atoms with Crippen LogP contribution in [0.2, 0.25) is 0 Å². The van der Waals surface area contributed by atoms with Gasteiger partial charge in [0.05, 0.1) is 0 Å². The Morgan fingerprint density at radius 2 is 2.21 bits per heavy atom. The Morgan fingerprint density at radius 1 is 1.50 bits per heavy atom. The van der Waals surface area contributed by atoms with Gasteiger partial charge in [-0.15, -0.1) is 10.2 Å². The van der Waals surface area contributed by atoms with Crippen molar-refractivity contribution in [2.24, 2.45) is 0 Å². The van der Waals surface area contributed by atoms with Crippen LogP contribution in [0.1, 0.15) is 31.0 Å². The minimum Gasteiger partial charge on any atom is -0.481 e. The number of aromatic nitrogens is 2. The second-order valence-corrected chi connectivity index (χ2v) is 2.58. The van der Waals surface area contributed by atoms with E-state index in [0.29, 0.717) is 6.42 Å². The average Bonchev–Trinajstić information content (AvgIpc) is 2.52. The van der Waals surface area contributed by atoms with Crippen molar-refractivity contribution in [3.05, 3.63) is 11.8 Å². The lowest BCUT2D eigenvalue weighted by molar-refractivity contribution is -0.137. The van der Waals surface area contributed by atoms with Crippen LogP contribution in [0.3, 0.4) is 0 Å². The first-order chi connectivity index (χ1) is 6.59. The van der Waals surface area contributed by atoms with Gasteiger partial charge in [-0.2, -0.15) is 8.78 Å². The van der Waals surface area contributed by atoms with Crippen molar-refractivity contribution in [2.45, 2.75) is 25.7 Å². The Bertz CT molecular complexity index is 314. The molecule has 0 fully saturated rings. The average molecular weight is 206 g/mol. The molecule has 0 amide bonds. The van der Waals surface area contributed by atoms with Gasteiger partial charge in [0.15, 0.2) is 0 Å². The molecule has 0 saturated heterocycles. The van der Waals surface area contributed by atoms with Gasteiger partial charge in [0.2, 0.25) is 5.89 Å². The zero-order valence-electron chi connectivity index (χ0n) is 7.11. The van der Waals surface area contributed by atoms with E-state index in [2.05, 4.69) is 14.6 Å². The Kier molecular flexibility index (Phi) is 3.49. The molecule has 1 N–H and O–H groups in total. The topological polar surface area (TPSA) is 76.2 Å². The summed E-state index contributed by atoms with van der Waals surface area (Å²) >= 11 is 0. The molecule has 0 aromatic carbocycles. The van der Waals surface area contributed by atoms with Crippen molar-refractivity contribution < 1.29 is 23.1 Å². The van der Waals surface area contributed by atoms with Crippen LogP contribution in [0.5, 0.6) is 0 Å². The predicted molar refractivity (Wildman–Crippen MR) is 39.8 cm³/mol. The summed E-state index contributed by atoms with van der Waals surface area (Å²) in [6.07, 6.45) is -2.34. The van der Waals surface area contributed by atoms with Crippen LogP contribution < -0.4 is 0 Å². The number of alkyl halides is 2. The maximum absolute atomic E-state index is 11.9. The normalized spacial score (nSPS) is 10.8. The molecule has 1 heterocycles. The molecule has 14 heavy (non-hydrogen) atoms. The van der Waals surface area contributed by atoms with Gasteiger partial charge in [-0.3, -0.25) is 4.79 Å². The number of halogens is 2. The van der Waals surface area contributed by atoms with Gasteiger partial charge in [0.25, 0.3) is 5.89 Å². The molecule has 0 unspecified atom stereocenters. The summed E-state index contributed by atoms with van der Waals surface area (Å²) < 4.78 is 28.4. The van der Waals surface area contributed by atoms with Crippen molar-refractivity contribution in [1.29, 1.82) is 0 Å². The molecule has 0 atom stereocenters. The van der Waals surface area contributed by atoms with Crippen LogP contribution >= 0.6 is 0 Å². The number of aryl methyl sites for hydroxylation is 1. The number of nitrogens with zero attached hydrogens (tertiary/aromatic N) is 2. The quantitative estimate of drug-likeness (QED) is 0.788. The van der Waals surface area contributed by atoms with Gasteiger partial charge in [-0.1, -0.05) is 0 Å². The van der Waals surface area contributed by atoms with Crippen molar-refractivity contribution in [3.63, 3.8) is 0 Å². The Balaban J connectivity index is 2.40. The number of hydrogen-bond donors (Lipinski definition) is 1. The van der Waals surface area contributed by atoms with Gasteiger partial charge < -0.3 is 9.52 Å². The van der Waals surface area contributed by atoms with E-state index in [4.69, 9.17) is 5.11 Å². The van der Waals surface area contributed by atoms with Crippen LogP contribution in [0, 0.1) is 0 Å². The van der Waals surface area contributed by atoms with Crippen molar-refractivity contribution in [2.75, 3.05) is 0 Å². The highest BCUT2D eigenvalue weighted by molar-refractivity contribution is 5.66. The summed E-state index contributed by atoms with van der Waals surface area (Å²) in [5, 5.41) is 14.7. The van der Waals surface area contributed by atoms with Crippen LogP contribution in [-0.2, 0) is 11.2 Å². The Labute approximate surface area is 77.7 Å². The first kappa shape index (κ1) is 10.6. The van der Waals surface area contributed by atoms with Crippen molar-refractivity contribution in [1.82, 2.24) is 10.2 Å². The zero-order valence-corrected chi connectivity index (χ0v) is 7.11. The molecule has 1 rings (SSSR count). The largest absolute Gasteiger partial charge is 0.481 e. The third kappa shape index (κ3) is 3.08. The van der Waals surface area contributed by atoms with E-state index in [1.807, 2.05) is 0 Å². The number of hydrogen-bond acceptors (Lipinski definition) is 4. The van der Waals surface area contributed by atoms with Crippen LogP contribution in [-0.4, -0.2) is 21.3 Å². The minimum absolute atomic E-state index is 0.0431. The summed E-state index contributed by atoms with van der Waals surface area (Å²) in [6.45, 7) is 0. The lowest BCUT2D eigenvalue weighted by Crippen LogP contribution is -1.95. The molecule has 0 bridgehead atoms. The van der Waals surface area contributed by atoms with E-state index in [9.17, 15) is 13.6 Å². The first-order valence-corrected chi connectivity index (χ1v) is 3.92. The number of carbonyl (C=O) groups is 1. The second-order valence-electron chi connectivity index (χ2n) is 2.58. The highest BCUT2D eigenvalue weighted by Crippen LogP contribution is 2.17. The fourth-order valence-electron chi connectivity index (χ4n) is 0.847. The van der Waals surface area contributed by atoms with Gasteiger partial charge in [-0.25, -0.2) is 0 Å². The van der Waals surface area contributed by atoms with Gasteiger partial charge in [0, 0.05) is 12.8 Å². The molecule has 0 aliphatic heterocycles. The summed E-state index contributed by atoms with van der Waals surface area (Å²) in [5.41, 5.74) is 0. The molecule has 0 radical (unpaired) electrons. The second kappa shape index (κ2) is 4.64. The van der Waals surface area contributed by atoms with E-state index in [1.54, 1.807) is 0 Å². The SMILES string of the molecule is O=C(O)CCCc1nnc(C(F)F)o1. The number of carboxylic acids is 1. The van der Waals surface area contributed by atoms with E-state index in [0.717, 1.165) is 0 Å². The summed E-state index contributed by atoms with van der Waals surface area (Å²) in [6, 6.07) is 0. The Hall–Kier alpha value is -1.53. The van der Waals surface area contributed by atoms with E-state index in [1.165, 1.54) is 0 Å². The third-order valence-electron chi connectivity index (χ3n) is 1.45. The van der Waals surface area contributed by atoms with E-state index >= 15 is 0 Å². The molecule has 0 aliphatic rings. The third-order valence-corrected chi connectivity index (χ3v) is 1.45. The zero-order chi connectivity index (χ0) is 10.6. The standard InChI is InChI=1S/C7H8F2N2O3/c8-6(9)7-11-10-4(14-7)2-1-3-5(12)13/h6H,1-3H2,(H,12,13). The fourth-order valence-corrected chi connectivity index (χ4v) is 0.847. The fraction of sp³-hybridized carbons (Fsp3) is 0.571. The summed E-state index contributed by atoms with van der Waals surface area (Å²) in [4.78, 5) is 10.1. The molecule has 0 spiro atoms. The summed E-state index contributed by atoms with van der Waals surface area (Å²) in [7, 11) is 0. The lowest BCUT2D eigenvalue weighted by Gasteiger charge is -1.91. The first-order valence-electron chi connectivity index (χ1n) is 3.92. The van der Waals surface area contributed by atoms with Gasteiger partial charge in [-0.05, 0) is 6.42 Å². The molecule has 5 nitrogen and oxygen atoms in total. The lowest BCUT2D eigenvalue weighted by atomic mass is 10.2. The summed E-state index contributed by atoms with van der Waals surface area (Å²) in [5.74, 6) is -1.63. The highest BCUT2D eigenvalue weighted by atomic mass is 19.3. The van der Waals surface area contributed by atoms with E-state index < -0.39 is 18.3 Å². The highest BCUT2D eigenvalue weighted by Gasteiger charge is 2.15. The predicted octanol–water partition coefficient (Wildman–Crippen LogP) is 1.41. The monoisotopic (exact) mass is 206 g/mol. The van der Waals surface area contributed by atoms with Gasteiger partial charge >= 0.3 is 12.4 Å². The van der Waals surface area contributed by atoms with Gasteiger partial charge in [0.1, 0.15) is 0 Å². The van der Waals surface area contributed by atoms with Crippen LogP contribution in [0.25, 0.3) is 0 Å². The molecule has 7 heteroatoms. The Morgan fingerprint density at radius 3 is 2.71 bits per heavy atom. The van der Waals surface area contributed by atoms with Crippen LogP contribution in [0.4, 0.5) is 8.78 Å². The molecule has 78 valence electrons. The van der Waals surface area contributed by atoms with E-state index in [-0.39, 0.29) is 18.7 Å². The number of aliphatic carboxylic acids is 1. The maximum atomic E-state index is 11.9. The molecule has 0 aliphatic carbocycles. The van der Waals surface area contributed by atoms with Crippen LogP contribution in [0.15, 0.2) is 4.42 Å². The molecule has 1 aromatic rings. The van der Waals surface area contributed by atoms with Crippen molar-refractivity contribution >= 4 is 5.97 Å². The number of carboxylic acid groups (broad SMARTS) is 1. The maximum Gasteiger partial charge on any atom is 0.314 e.